The fourth-order valence-corrected chi connectivity index (χ4v) is 4.46. The Labute approximate surface area is 141 Å². The molecule has 1 aromatic rings. The van der Waals surface area contributed by atoms with Crippen molar-refractivity contribution in [2.45, 2.75) is 40.0 Å². The second-order valence-electron chi connectivity index (χ2n) is 7.38. The molecule has 128 valence electrons. The van der Waals surface area contributed by atoms with Crippen LogP contribution in [0.1, 0.15) is 49.5 Å². The highest BCUT2D eigenvalue weighted by molar-refractivity contribution is 8.01. The van der Waals surface area contributed by atoms with Crippen molar-refractivity contribution in [3.8, 4) is 0 Å². The molecule has 2 aliphatic rings. The SMILES string of the molecule is CC1(C)C2=C(Cc3ccc(C(=O)S(=O)(=O)O)cc3)C(=O)C1(C)CC2. The van der Waals surface area contributed by atoms with Crippen LogP contribution in [0.15, 0.2) is 35.4 Å². The number of Topliss-reactive ketones (excluding diaryl/α,β-unsaturated/α-hetero) is 1. The zero-order chi connectivity index (χ0) is 17.9. The molecule has 6 heteroatoms. The van der Waals surface area contributed by atoms with Crippen LogP contribution in [0.4, 0.5) is 0 Å². The van der Waals surface area contributed by atoms with E-state index in [0.29, 0.717) is 6.42 Å². The van der Waals surface area contributed by atoms with E-state index in [1.165, 1.54) is 17.7 Å². The molecule has 2 aliphatic carbocycles. The van der Waals surface area contributed by atoms with Gasteiger partial charge in [-0.2, -0.15) is 8.42 Å². The first-order valence-corrected chi connectivity index (χ1v) is 9.30. The summed E-state index contributed by atoms with van der Waals surface area (Å²) in [4.78, 5) is 24.3. The summed E-state index contributed by atoms with van der Waals surface area (Å²) in [5, 5.41) is -1.32. The van der Waals surface area contributed by atoms with Gasteiger partial charge in [-0.3, -0.25) is 14.1 Å². The Kier molecular flexibility index (Phi) is 3.62. The summed E-state index contributed by atoms with van der Waals surface area (Å²) in [7, 11) is -4.73. The number of hydrogen-bond acceptors (Lipinski definition) is 4. The minimum atomic E-state index is -4.73. The maximum Gasteiger partial charge on any atom is 0.333 e. The summed E-state index contributed by atoms with van der Waals surface area (Å²) in [6.45, 7) is 6.27. The van der Waals surface area contributed by atoms with E-state index in [0.717, 1.165) is 24.0 Å². The molecule has 1 aromatic carbocycles. The van der Waals surface area contributed by atoms with Crippen LogP contribution in [0, 0.1) is 10.8 Å². The zero-order valence-electron chi connectivity index (χ0n) is 13.9. The molecule has 1 fully saturated rings. The van der Waals surface area contributed by atoms with E-state index in [1.54, 1.807) is 12.1 Å². The molecule has 0 saturated heterocycles. The van der Waals surface area contributed by atoms with E-state index >= 15 is 0 Å². The Balaban J connectivity index is 1.89. The highest BCUT2D eigenvalue weighted by Crippen LogP contribution is 2.63. The largest absolute Gasteiger partial charge is 0.333 e. The molecule has 0 aliphatic heterocycles. The minimum Gasteiger partial charge on any atom is -0.294 e. The third-order valence-corrected chi connectivity index (χ3v) is 6.66. The van der Waals surface area contributed by atoms with Crippen molar-refractivity contribution in [3.63, 3.8) is 0 Å². The molecule has 1 unspecified atom stereocenters. The maximum absolute atomic E-state index is 12.8. The minimum absolute atomic E-state index is 0.0922. The molecule has 0 radical (unpaired) electrons. The van der Waals surface area contributed by atoms with Gasteiger partial charge in [0.2, 0.25) is 0 Å². The van der Waals surface area contributed by atoms with Gasteiger partial charge in [0.05, 0.1) is 0 Å². The van der Waals surface area contributed by atoms with E-state index in [-0.39, 0.29) is 22.2 Å². The van der Waals surface area contributed by atoms with Crippen molar-refractivity contribution in [1.82, 2.24) is 0 Å². The molecule has 2 bridgehead atoms. The van der Waals surface area contributed by atoms with Gasteiger partial charge in [-0.25, -0.2) is 0 Å². The Morgan fingerprint density at radius 2 is 1.75 bits per heavy atom. The quantitative estimate of drug-likeness (QED) is 0.848. The Hall–Kier alpha value is -1.79. The fraction of sp³-hybridized carbons (Fsp3) is 0.444. The number of allylic oxidation sites excluding steroid dienone is 2. The lowest BCUT2D eigenvalue weighted by Gasteiger charge is -2.32. The molecular formula is C18H20O5S. The van der Waals surface area contributed by atoms with Gasteiger partial charge in [-0.05, 0) is 41.5 Å². The highest BCUT2D eigenvalue weighted by Gasteiger charge is 2.59. The standard InChI is InChI=1S/C18H20O5S/c1-17(2)14-8-9-18(17,3)15(19)13(14)10-11-4-6-12(7-5-11)16(20)24(21,22)23/h4-7H,8-10H2,1-3H3,(H,21,22,23). The average molecular weight is 348 g/mol. The van der Waals surface area contributed by atoms with Gasteiger partial charge >= 0.3 is 15.2 Å². The van der Waals surface area contributed by atoms with Crippen molar-refractivity contribution in [2.24, 2.45) is 10.8 Å². The topological polar surface area (TPSA) is 88.5 Å². The predicted molar refractivity (Wildman–Crippen MR) is 89.2 cm³/mol. The van der Waals surface area contributed by atoms with Crippen LogP contribution in [-0.4, -0.2) is 23.9 Å². The maximum atomic E-state index is 12.8. The number of benzene rings is 1. The average Bonchev–Trinajstić information content (AvgIpc) is 2.80. The van der Waals surface area contributed by atoms with Crippen LogP contribution >= 0.6 is 0 Å². The van der Waals surface area contributed by atoms with Gasteiger partial charge in [0.15, 0.2) is 5.78 Å². The monoisotopic (exact) mass is 348 g/mol. The third-order valence-electron chi connectivity index (χ3n) is 5.95. The number of fused-ring (bicyclic) bond motifs is 2. The number of carbonyl (C=O) groups is 2. The Bertz CT molecular complexity index is 874. The highest BCUT2D eigenvalue weighted by atomic mass is 32.2. The Morgan fingerprint density at radius 1 is 1.17 bits per heavy atom. The van der Waals surface area contributed by atoms with Crippen LogP contribution in [0.2, 0.25) is 0 Å². The molecule has 0 amide bonds. The number of rotatable bonds is 3. The summed E-state index contributed by atoms with van der Waals surface area (Å²) >= 11 is 0. The summed E-state index contributed by atoms with van der Waals surface area (Å²) in [5.41, 5.74) is 2.35. The first-order chi connectivity index (χ1) is 11.0. The van der Waals surface area contributed by atoms with Crippen LogP contribution in [0.3, 0.4) is 0 Å². The van der Waals surface area contributed by atoms with Gasteiger partial charge in [-0.15, -0.1) is 0 Å². The second-order valence-corrected chi connectivity index (χ2v) is 8.70. The van der Waals surface area contributed by atoms with Crippen LogP contribution in [0.5, 0.6) is 0 Å². The van der Waals surface area contributed by atoms with Crippen LogP contribution < -0.4 is 0 Å². The lowest BCUT2D eigenvalue weighted by molar-refractivity contribution is -0.126. The molecule has 1 atom stereocenters. The first kappa shape index (κ1) is 17.0. The lowest BCUT2D eigenvalue weighted by Crippen LogP contribution is -2.33. The van der Waals surface area contributed by atoms with E-state index in [4.69, 9.17) is 4.55 Å². The van der Waals surface area contributed by atoms with Crippen molar-refractivity contribution < 1.29 is 22.6 Å². The summed E-state index contributed by atoms with van der Waals surface area (Å²) in [6.07, 6.45) is 2.30. The molecule has 5 nitrogen and oxygen atoms in total. The number of carbonyl (C=O) groups excluding carboxylic acids is 2. The van der Waals surface area contributed by atoms with Crippen LogP contribution in [0.25, 0.3) is 0 Å². The molecule has 0 spiro atoms. The zero-order valence-corrected chi connectivity index (χ0v) is 14.7. The predicted octanol–water partition coefficient (Wildman–Crippen LogP) is 2.96. The summed E-state index contributed by atoms with van der Waals surface area (Å²) < 4.78 is 30.6. The Morgan fingerprint density at radius 3 is 2.21 bits per heavy atom. The van der Waals surface area contributed by atoms with Gasteiger partial charge in [-0.1, -0.05) is 38.5 Å². The second kappa shape index (κ2) is 5.10. The van der Waals surface area contributed by atoms with Crippen molar-refractivity contribution in [2.75, 3.05) is 0 Å². The van der Waals surface area contributed by atoms with Crippen molar-refractivity contribution in [1.29, 1.82) is 0 Å². The molecule has 3 rings (SSSR count). The van der Waals surface area contributed by atoms with Crippen molar-refractivity contribution >= 4 is 21.0 Å². The van der Waals surface area contributed by atoms with E-state index in [9.17, 15) is 18.0 Å². The van der Waals surface area contributed by atoms with E-state index in [1.807, 2.05) is 6.92 Å². The smallest absolute Gasteiger partial charge is 0.294 e. The summed E-state index contributed by atoms with van der Waals surface area (Å²) in [6, 6.07) is 5.98. The van der Waals surface area contributed by atoms with E-state index < -0.39 is 15.2 Å². The molecule has 1 N–H and O–H groups in total. The lowest BCUT2D eigenvalue weighted by atomic mass is 9.70. The normalized spacial score (nSPS) is 25.4. The molecule has 1 saturated carbocycles. The molecule has 24 heavy (non-hydrogen) atoms. The van der Waals surface area contributed by atoms with Gasteiger partial charge in [0.25, 0.3) is 0 Å². The number of hydrogen-bond donors (Lipinski definition) is 1. The van der Waals surface area contributed by atoms with Gasteiger partial charge < -0.3 is 0 Å². The van der Waals surface area contributed by atoms with Crippen LogP contribution in [-0.2, 0) is 21.3 Å². The fourth-order valence-electron chi connectivity index (χ4n) is 4.03. The van der Waals surface area contributed by atoms with E-state index in [2.05, 4.69) is 13.8 Å². The van der Waals surface area contributed by atoms with Crippen molar-refractivity contribution in [3.05, 3.63) is 46.5 Å². The molecule has 0 aromatic heterocycles. The van der Waals surface area contributed by atoms with Gasteiger partial charge in [0.1, 0.15) is 0 Å². The number of ketones is 1. The molecular weight excluding hydrogens is 328 g/mol. The molecule has 0 heterocycles. The third kappa shape index (κ3) is 2.28. The first-order valence-electron chi connectivity index (χ1n) is 7.86. The van der Waals surface area contributed by atoms with Gasteiger partial charge in [0, 0.05) is 17.4 Å². The summed E-state index contributed by atoms with van der Waals surface area (Å²) in [5.74, 6) is 0.201.